The number of rotatable bonds is 16. The lowest BCUT2D eigenvalue weighted by molar-refractivity contribution is -0.158. The van der Waals surface area contributed by atoms with E-state index >= 15 is 0 Å². The SMILES string of the molecule is Cc1cc(Nc2cc(C(F)F)ccn2)nc(-c2ccc([C@](C)(O)C3CCC(C(=O)OCOP(=O)(OCc4ccccc4)OCc4ccccc4)CC3)nc2)c1. The number of halogens is 2. The number of aliphatic hydroxyl groups is 1. The fraction of sp³-hybridized carbons (Fsp3) is 0.317. The topological polar surface area (TPSA) is 142 Å². The molecule has 1 fully saturated rings. The normalized spacial score (nSPS) is 17.1. The van der Waals surface area contributed by atoms with Crippen LogP contribution in [0, 0.1) is 18.8 Å². The van der Waals surface area contributed by atoms with Crippen LogP contribution in [0.5, 0.6) is 0 Å². The van der Waals surface area contributed by atoms with Gasteiger partial charge in [-0.15, -0.1) is 0 Å². The van der Waals surface area contributed by atoms with Crippen LogP contribution in [0.3, 0.4) is 0 Å². The number of nitrogens with zero attached hydrogens (tertiary/aromatic N) is 3. The third-order valence-corrected chi connectivity index (χ3v) is 10.9. The Bertz CT molecular complexity index is 2020. The maximum Gasteiger partial charge on any atom is 0.478 e. The van der Waals surface area contributed by atoms with Crippen molar-refractivity contribution in [1.82, 2.24) is 15.0 Å². The number of aryl methyl sites for hydroxylation is 1. The van der Waals surface area contributed by atoms with Gasteiger partial charge < -0.3 is 15.2 Å². The Morgan fingerprint density at radius 3 is 2.13 bits per heavy atom. The lowest BCUT2D eigenvalue weighted by Gasteiger charge is -2.37. The number of pyridine rings is 3. The van der Waals surface area contributed by atoms with Crippen LogP contribution in [0.4, 0.5) is 20.4 Å². The van der Waals surface area contributed by atoms with Gasteiger partial charge in [-0.1, -0.05) is 60.7 Å². The van der Waals surface area contributed by atoms with Crippen molar-refractivity contribution in [2.75, 3.05) is 12.1 Å². The van der Waals surface area contributed by atoms with E-state index in [-0.39, 0.29) is 30.5 Å². The average Bonchev–Trinajstić information content (AvgIpc) is 3.20. The van der Waals surface area contributed by atoms with Crippen LogP contribution in [-0.4, -0.2) is 32.8 Å². The Morgan fingerprint density at radius 1 is 0.873 bits per heavy atom. The summed E-state index contributed by atoms with van der Waals surface area (Å²) in [4.78, 5) is 26.4. The molecular weight excluding hydrogens is 729 g/mol. The number of hydrogen-bond acceptors (Lipinski definition) is 11. The molecule has 3 heterocycles. The molecule has 3 aromatic heterocycles. The fourth-order valence-electron chi connectivity index (χ4n) is 6.44. The van der Waals surface area contributed by atoms with Gasteiger partial charge in [0.1, 0.15) is 17.2 Å². The Kier molecular flexibility index (Phi) is 13.1. The molecule has 0 spiro atoms. The number of benzene rings is 2. The van der Waals surface area contributed by atoms with E-state index in [0.29, 0.717) is 48.5 Å². The number of phosphoric acid groups is 1. The van der Waals surface area contributed by atoms with Gasteiger partial charge >= 0.3 is 13.8 Å². The van der Waals surface area contributed by atoms with Gasteiger partial charge in [-0.25, -0.2) is 27.8 Å². The predicted octanol–water partition coefficient (Wildman–Crippen LogP) is 9.60. The van der Waals surface area contributed by atoms with Crippen molar-refractivity contribution in [3.63, 3.8) is 0 Å². The quantitative estimate of drug-likeness (QED) is 0.0563. The van der Waals surface area contributed by atoms with Gasteiger partial charge in [0.15, 0.2) is 0 Å². The first-order valence-corrected chi connectivity index (χ1v) is 19.4. The number of ether oxygens (including phenoxy) is 1. The van der Waals surface area contributed by atoms with Crippen molar-refractivity contribution >= 4 is 25.4 Å². The van der Waals surface area contributed by atoms with E-state index in [2.05, 4.69) is 20.3 Å². The molecule has 11 nitrogen and oxygen atoms in total. The standard InChI is InChI=1S/C41H43F2N4O7P/c1-28-21-35(46-38(22-28)47-37-23-32(39(42)43)19-20-44-37)33-15-18-36(45-24-33)41(2,49)34-16-13-31(14-17-34)40(48)51-27-54-55(50,52-25-29-9-5-3-6-10-29)53-26-30-11-7-4-8-12-30/h3-12,15,18-24,31,34,39,49H,13-14,16-17,25-27H2,1-2H3,(H,44,46,47)/t31?,34?,41-/m1/s1. The van der Waals surface area contributed by atoms with Crippen LogP contribution in [-0.2, 0) is 46.5 Å². The summed E-state index contributed by atoms with van der Waals surface area (Å²) in [5.41, 5.74) is 2.81. The molecule has 14 heteroatoms. The highest BCUT2D eigenvalue weighted by molar-refractivity contribution is 7.48. The van der Waals surface area contributed by atoms with Crippen LogP contribution in [0.1, 0.15) is 67.0 Å². The summed E-state index contributed by atoms with van der Waals surface area (Å²) in [6.07, 6.45) is 2.38. The van der Waals surface area contributed by atoms with Gasteiger partial charge in [0, 0.05) is 23.5 Å². The van der Waals surface area contributed by atoms with E-state index in [1.165, 1.54) is 18.3 Å². The van der Waals surface area contributed by atoms with Gasteiger partial charge in [0.2, 0.25) is 6.79 Å². The number of anilines is 2. The number of esters is 1. The molecule has 1 atom stereocenters. The van der Waals surface area contributed by atoms with E-state index < -0.39 is 38.5 Å². The highest BCUT2D eigenvalue weighted by atomic mass is 31.2. The van der Waals surface area contributed by atoms with Gasteiger partial charge in [-0.2, -0.15) is 0 Å². The van der Waals surface area contributed by atoms with E-state index in [1.54, 1.807) is 25.3 Å². The zero-order chi connectivity index (χ0) is 38.8. The number of aromatic nitrogens is 3. The molecule has 2 aromatic carbocycles. The molecule has 0 radical (unpaired) electrons. The third-order valence-electron chi connectivity index (χ3n) is 9.57. The lowest BCUT2D eigenvalue weighted by atomic mass is 9.73. The van der Waals surface area contributed by atoms with E-state index in [1.807, 2.05) is 79.7 Å². The van der Waals surface area contributed by atoms with Crippen LogP contribution < -0.4 is 5.32 Å². The van der Waals surface area contributed by atoms with Gasteiger partial charge in [-0.05, 0) is 98.5 Å². The average molecular weight is 773 g/mol. The first kappa shape index (κ1) is 39.8. The van der Waals surface area contributed by atoms with E-state index in [4.69, 9.17) is 18.3 Å². The first-order chi connectivity index (χ1) is 26.5. The van der Waals surface area contributed by atoms with Crippen molar-refractivity contribution in [3.8, 4) is 11.3 Å². The van der Waals surface area contributed by atoms with Crippen LogP contribution >= 0.6 is 7.82 Å². The fourth-order valence-corrected chi connectivity index (χ4v) is 7.46. The second-order valence-electron chi connectivity index (χ2n) is 13.6. The molecule has 0 bridgehead atoms. The van der Waals surface area contributed by atoms with Crippen LogP contribution in [0.2, 0.25) is 0 Å². The summed E-state index contributed by atoms with van der Waals surface area (Å²) in [6, 6.07) is 28.1. The zero-order valence-electron chi connectivity index (χ0n) is 30.5. The molecule has 1 aliphatic rings. The summed E-state index contributed by atoms with van der Waals surface area (Å²) in [7, 11) is -4.11. The number of carbonyl (C=O) groups is 1. The minimum Gasteiger partial charge on any atom is -0.438 e. The largest absolute Gasteiger partial charge is 0.478 e. The van der Waals surface area contributed by atoms with E-state index in [0.717, 1.165) is 16.7 Å². The molecule has 2 N–H and O–H groups in total. The second-order valence-corrected chi connectivity index (χ2v) is 15.3. The molecule has 288 valence electrons. The maximum atomic E-state index is 13.5. The monoisotopic (exact) mass is 772 g/mol. The summed E-state index contributed by atoms with van der Waals surface area (Å²) < 4.78 is 61.9. The van der Waals surface area contributed by atoms with Crippen molar-refractivity contribution in [2.45, 2.75) is 64.8 Å². The zero-order valence-corrected chi connectivity index (χ0v) is 31.4. The summed E-state index contributed by atoms with van der Waals surface area (Å²) in [6.45, 7) is 2.97. The highest BCUT2D eigenvalue weighted by Crippen LogP contribution is 2.51. The smallest absolute Gasteiger partial charge is 0.438 e. The highest BCUT2D eigenvalue weighted by Gasteiger charge is 2.39. The third kappa shape index (κ3) is 10.9. The Labute approximate surface area is 318 Å². The van der Waals surface area contributed by atoms with E-state index in [9.17, 15) is 23.2 Å². The molecule has 6 rings (SSSR count). The summed E-state index contributed by atoms with van der Waals surface area (Å²) >= 11 is 0. The molecule has 0 saturated heterocycles. The summed E-state index contributed by atoms with van der Waals surface area (Å²) in [5, 5.41) is 14.7. The van der Waals surface area contributed by atoms with Gasteiger partial charge in [0.05, 0.1) is 30.5 Å². The molecular formula is C41H43F2N4O7P. The number of phosphoric ester groups is 1. The number of carbonyl (C=O) groups excluding carboxylic acids is 1. The number of hydrogen-bond donors (Lipinski definition) is 2. The number of nitrogens with one attached hydrogen (secondary N) is 1. The van der Waals surface area contributed by atoms with Crippen LogP contribution in [0.25, 0.3) is 11.3 Å². The van der Waals surface area contributed by atoms with Crippen molar-refractivity contribution < 1.29 is 41.6 Å². The second kappa shape index (κ2) is 18.1. The lowest BCUT2D eigenvalue weighted by Crippen LogP contribution is -2.37. The summed E-state index contributed by atoms with van der Waals surface area (Å²) in [5.74, 6) is -0.400. The minimum absolute atomic E-state index is 0.0236. The molecule has 55 heavy (non-hydrogen) atoms. The maximum absolute atomic E-state index is 13.5. The minimum atomic E-state index is -4.11. The molecule has 0 amide bonds. The molecule has 1 aliphatic carbocycles. The first-order valence-electron chi connectivity index (χ1n) is 17.9. The van der Waals surface area contributed by atoms with Gasteiger partial charge in [0.25, 0.3) is 6.43 Å². The molecule has 0 unspecified atom stereocenters. The van der Waals surface area contributed by atoms with Crippen LogP contribution in [0.15, 0.2) is 109 Å². The van der Waals surface area contributed by atoms with Crippen molar-refractivity contribution in [2.24, 2.45) is 11.8 Å². The Morgan fingerprint density at radius 2 is 1.53 bits per heavy atom. The van der Waals surface area contributed by atoms with Crippen molar-refractivity contribution in [1.29, 1.82) is 0 Å². The molecule has 0 aliphatic heterocycles. The van der Waals surface area contributed by atoms with Crippen molar-refractivity contribution in [3.05, 3.63) is 137 Å². The predicted molar refractivity (Wildman–Crippen MR) is 202 cm³/mol. The molecule has 1 saturated carbocycles. The van der Waals surface area contributed by atoms with Gasteiger partial charge in [-0.3, -0.25) is 18.8 Å². The Balaban J connectivity index is 1.01. The molecule has 5 aromatic rings. The number of alkyl halides is 2. The Hall–Kier alpha value is -4.91.